The van der Waals surface area contributed by atoms with Gasteiger partial charge in [-0.05, 0) is 22.8 Å². The van der Waals surface area contributed by atoms with Crippen molar-refractivity contribution >= 4 is 11.9 Å². The van der Waals surface area contributed by atoms with Crippen LogP contribution >= 0.6 is 0 Å². The highest BCUT2D eigenvalue weighted by Crippen LogP contribution is 2.23. The van der Waals surface area contributed by atoms with E-state index in [2.05, 4.69) is 0 Å². The number of carbonyl (C=O) groups is 2. The maximum Gasteiger partial charge on any atom is 0.327 e. The van der Waals surface area contributed by atoms with Crippen LogP contribution in [-0.4, -0.2) is 21.7 Å². The summed E-state index contributed by atoms with van der Waals surface area (Å²) in [5.41, 5.74) is 3.44. The Morgan fingerprint density at radius 3 is 1.89 bits per heavy atom. The number of rotatable bonds is 4. The topological polar surface area (TPSA) is 40.6 Å². The van der Waals surface area contributed by atoms with Crippen LogP contribution in [0.15, 0.2) is 84.9 Å². The van der Waals surface area contributed by atoms with Gasteiger partial charge in [0.15, 0.2) is 0 Å². The molecule has 1 heterocycles. The van der Waals surface area contributed by atoms with Crippen molar-refractivity contribution in [1.29, 1.82) is 0 Å². The van der Waals surface area contributed by atoms with Crippen molar-refractivity contribution < 1.29 is 9.59 Å². The predicted octanol–water partition coefficient (Wildman–Crippen LogP) is 4.46. The second-order valence-corrected chi connectivity index (χ2v) is 6.66. The van der Waals surface area contributed by atoms with Crippen LogP contribution in [0.25, 0.3) is 0 Å². The molecule has 0 spiro atoms. The molecule has 0 radical (unpaired) electrons. The number of imide groups is 1. The SMILES string of the molecule is O=C1c2ccccc2CN(Cc2ccccc2)C(=O)N1Cc1ccccc1. The molecule has 134 valence electrons. The van der Waals surface area contributed by atoms with E-state index >= 15 is 0 Å². The molecule has 0 saturated heterocycles. The molecule has 0 N–H and O–H groups in total. The molecule has 0 atom stereocenters. The van der Waals surface area contributed by atoms with Crippen LogP contribution in [0.1, 0.15) is 27.0 Å². The monoisotopic (exact) mass is 356 g/mol. The fourth-order valence-electron chi connectivity index (χ4n) is 3.38. The van der Waals surface area contributed by atoms with E-state index in [-0.39, 0.29) is 18.5 Å². The first-order valence-electron chi connectivity index (χ1n) is 8.99. The molecule has 4 rings (SSSR count). The summed E-state index contributed by atoms with van der Waals surface area (Å²) < 4.78 is 0. The molecule has 0 saturated carbocycles. The minimum atomic E-state index is -0.260. The fourth-order valence-corrected chi connectivity index (χ4v) is 3.38. The summed E-state index contributed by atoms with van der Waals surface area (Å²) >= 11 is 0. The van der Waals surface area contributed by atoms with Gasteiger partial charge in [-0.15, -0.1) is 0 Å². The van der Waals surface area contributed by atoms with Crippen LogP contribution in [0.4, 0.5) is 4.79 Å². The molecular weight excluding hydrogens is 336 g/mol. The quantitative estimate of drug-likeness (QED) is 0.692. The standard InChI is InChI=1S/C23H20N2O2/c26-22-21-14-8-7-13-20(21)17-24(15-18-9-3-1-4-10-18)23(27)25(22)16-19-11-5-2-6-12-19/h1-14H,15-17H2. The second kappa shape index (κ2) is 7.46. The second-order valence-electron chi connectivity index (χ2n) is 6.66. The first kappa shape index (κ1) is 17.0. The van der Waals surface area contributed by atoms with Crippen molar-refractivity contribution in [3.8, 4) is 0 Å². The molecular formula is C23H20N2O2. The Hall–Kier alpha value is -3.40. The van der Waals surface area contributed by atoms with E-state index in [0.717, 1.165) is 16.7 Å². The third kappa shape index (κ3) is 3.60. The zero-order valence-corrected chi connectivity index (χ0v) is 14.9. The molecule has 0 aliphatic carbocycles. The number of carbonyl (C=O) groups excluding carboxylic acids is 2. The summed E-state index contributed by atoms with van der Waals surface area (Å²) in [6.45, 7) is 1.14. The molecule has 4 heteroatoms. The van der Waals surface area contributed by atoms with Crippen LogP contribution in [-0.2, 0) is 19.6 Å². The van der Waals surface area contributed by atoms with E-state index < -0.39 is 0 Å². The minimum absolute atomic E-state index is 0.241. The van der Waals surface area contributed by atoms with E-state index in [0.29, 0.717) is 18.7 Å². The molecule has 27 heavy (non-hydrogen) atoms. The van der Waals surface area contributed by atoms with Crippen LogP contribution in [0, 0.1) is 0 Å². The molecule has 1 aliphatic rings. The highest BCUT2D eigenvalue weighted by atomic mass is 16.2. The maximum absolute atomic E-state index is 13.3. The highest BCUT2D eigenvalue weighted by molar-refractivity contribution is 6.06. The molecule has 0 bridgehead atoms. The summed E-state index contributed by atoms with van der Waals surface area (Å²) in [5, 5.41) is 0. The van der Waals surface area contributed by atoms with Gasteiger partial charge in [-0.1, -0.05) is 78.9 Å². The van der Waals surface area contributed by atoms with Gasteiger partial charge in [-0.2, -0.15) is 0 Å². The third-order valence-corrected chi connectivity index (χ3v) is 4.76. The van der Waals surface area contributed by atoms with Gasteiger partial charge in [-0.25, -0.2) is 4.79 Å². The number of benzene rings is 3. The molecule has 1 aliphatic heterocycles. The van der Waals surface area contributed by atoms with Gasteiger partial charge >= 0.3 is 6.03 Å². The van der Waals surface area contributed by atoms with Gasteiger partial charge in [0.05, 0.1) is 6.54 Å². The summed E-state index contributed by atoms with van der Waals surface area (Å²) in [4.78, 5) is 29.5. The Morgan fingerprint density at radius 1 is 0.667 bits per heavy atom. The van der Waals surface area contributed by atoms with Crippen molar-refractivity contribution in [2.75, 3.05) is 0 Å². The molecule has 4 nitrogen and oxygen atoms in total. The summed E-state index contributed by atoms with van der Waals surface area (Å²) in [6, 6.07) is 26.7. The smallest absolute Gasteiger partial charge is 0.316 e. The summed E-state index contributed by atoms with van der Waals surface area (Å²) in [5.74, 6) is -0.241. The number of hydrogen-bond donors (Lipinski definition) is 0. The normalized spacial score (nSPS) is 14.1. The largest absolute Gasteiger partial charge is 0.327 e. The van der Waals surface area contributed by atoms with Crippen molar-refractivity contribution in [1.82, 2.24) is 9.80 Å². The van der Waals surface area contributed by atoms with E-state index in [1.807, 2.05) is 78.9 Å². The van der Waals surface area contributed by atoms with Gasteiger partial charge < -0.3 is 4.90 Å². The van der Waals surface area contributed by atoms with Crippen LogP contribution < -0.4 is 0 Å². The van der Waals surface area contributed by atoms with E-state index in [1.165, 1.54) is 4.90 Å². The van der Waals surface area contributed by atoms with E-state index in [1.54, 1.807) is 11.0 Å². The average Bonchev–Trinajstić information content (AvgIpc) is 2.81. The van der Waals surface area contributed by atoms with Crippen LogP contribution in [0.2, 0.25) is 0 Å². The van der Waals surface area contributed by atoms with Crippen LogP contribution in [0.5, 0.6) is 0 Å². The fraction of sp³-hybridized carbons (Fsp3) is 0.130. The van der Waals surface area contributed by atoms with Gasteiger partial charge in [0.2, 0.25) is 0 Å². The van der Waals surface area contributed by atoms with E-state index in [9.17, 15) is 9.59 Å². The molecule has 0 fully saturated rings. The zero-order chi connectivity index (χ0) is 18.6. The van der Waals surface area contributed by atoms with Crippen molar-refractivity contribution in [3.63, 3.8) is 0 Å². The first-order chi connectivity index (χ1) is 13.2. The summed E-state index contributed by atoms with van der Waals surface area (Å²) in [6.07, 6.45) is 0. The third-order valence-electron chi connectivity index (χ3n) is 4.76. The highest BCUT2D eigenvalue weighted by Gasteiger charge is 2.33. The molecule has 3 aromatic carbocycles. The first-order valence-corrected chi connectivity index (χ1v) is 8.99. The Morgan fingerprint density at radius 2 is 1.22 bits per heavy atom. The molecule has 3 aromatic rings. The predicted molar refractivity (Wildman–Crippen MR) is 104 cm³/mol. The number of nitrogens with zero attached hydrogens (tertiary/aromatic N) is 2. The van der Waals surface area contributed by atoms with Crippen molar-refractivity contribution in [2.45, 2.75) is 19.6 Å². The lowest BCUT2D eigenvalue weighted by molar-refractivity contribution is 0.0757. The molecule has 3 amide bonds. The number of urea groups is 1. The lowest BCUT2D eigenvalue weighted by Crippen LogP contribution is -2.42. The van der Waals surface area contributed by atoms with E-state index in [4.69, 9.17) is 0 Å². The Bertz CT molecular complexity index is 954. The van der Waals surface area contributed by atoms with Gasteiger partial charge in [0.25, 0.3) is 5.91 Å². The molecule has 0 unspecified atom stereocenters. The van der Waals surface area contributed by atoms with Gasteiger partial charge in [0.1, 0.15) is 0 Å². The molecule has 0 aromatic heterocycles. The van der Waals surface area contributed by atoms with Gasteiger partial charge in [0, 0.05) is 18.7 Å². The lowest BCUT2D eigenvalue weighted by atomic mass is 10.1. The Kier molecular flexibility index (Phi) is 4.71. The number of amides is 3. The van der Waals surface area contributed by atoms with Crippen molar-refractivity contribution in [3.05, 3.63) is 107 Å². The van der Waals surface area contributed by atoms with Crippen LogP contribution in [0.3, 0.4) is 0 Å². The average molecular weight is 356 g/mol. The number of hydrogen-bond acceptors (Lipinski definition) is 2. The lowest BCUT2D eigenvalue weighted by Gasteiger charge is -2.26. The minimum Gasteiger partial charge on any atom is -0.316 e. The van der Waals surface area contributed by atoms with Crippen molar-refractivity contribution in [2.24, 2.45) is 0 Å². The Balaban J connectivity index is 1.70. The number of fused-ring (bicyclic) bond motifs is 1. The maximum atomic E-state index is 13.3. The zero-order valence-electron chi connectivity index (χ0n) is 14.9. The Labute approximate surface area is 158 Å². The van der Waals surface area contributed by atoms with Gasteiger partial charge in [-0.3, -0.25) is 9.69 Å². The summed E-state index contributed by atoms with van der Waals surface area (Å²) in [7, 11) is 0.